The second-order valence-electron chi connectivity index (χ2n) is 4.77. The van der Waals surface area contributed by atoms with Gasteiger partial charge in [-0.3, -0.25) is 4.79 Å². The maximum absolute atomic E-state index is 12.4. The first kappa shape index (κ1) is 14.6. The third-order valence-electron chi connectivity index (χ3n) is 3.23. The van der Waals surface area contributed by atoms with Gasteiger partial charge in [-0.25, -0.2) is 5.43 Å². The highest BCUT2D eigenvalue weighted by Gasteiger charge is 2.27. The standard InChI is InChI=1S/C17H14N2O2S/c20-17-15(11-13-7-3-1-4-8-13)16(18-19-17)12-22(21)14-9-5-2-6-10-14/h1-11H,12H2,(H,19,20). The molecule has 0 aromatic heterocycles. The van der Waals surface area contributed by atoms with Gasteiger partial charge in [-0.05, 0) is 34.9 Å². The maximum Gasteiger partial charge on any atom is 0.273 e. The van der Waals surface area contributed by atoms with Crippen molar-refractivity contribution in [2.75, 3.05) is 5.75 Å². The molecule has 2 aromatic rings. The summed E-state index contributed by atoms with van der Waals surface area (Å²) >= 11 is -1.23. The lowest BCUT2D eigenvalue weighted by molar-refractivity contribution is -0.116. The lowest BCUT2D eigenvalue weighted by atomic mass is 10.1. The number of nitrogens with one attached hydrogen (secondary N) is 1. The van der Waals surface area contributed by atoms with Crippen molar-refractivity contribution < 1.29 is 9.35 Å². The summed E-state index contributed by atoms with van der Waals surface area (Å²) in [7, 11) is 0. The average Bonchev–Trinajstić information content (AvgIpc) is 2.90. The van der Waals surface area contributed by atoms with Crippen LogP contribution in [0.1, 0.15) is 5.56 Å². The molecule has 0 saturated heterocycles. The summed E-state index contributed by atoms with van der Waals surface area (Å²) in [5.41, 5.74) is 4.35. The first-order valence-corrected chi connectivity index (χ1v) is 8.13. The van der Waals surface area contributed by atoms with E-state index in [-0.39, 0.29) is 11.7 Å². The quantitative estimate of drug-likeness (QED) is 0.696. The number of nitrogens with zero attached hydrogens (tertiary/aromatic N) is 1. The van der Waals surface area contributed by atoms with Gasteiger partial charge in [-0.1, -0.05) is 48.5 Å². The Bertz CT molecular complexity index is 727. The fourth-order valence-corrected chi connectivity index (χ4v) is 3.22. The van der Waals surface area contributed by atoms with Crippen LogP contribution in [0.15, 0.2) is 76.2 Å². The molecule has 0 aliphatic carbocycles. The number of hydrogen-bond donors (Lipinski definition) is 1. The van der Waals surface area contributed by atoms with Crippen LogP contribution in [-0.2, 0) is 16.0 Å². The van der Waals surface area contributed by atoms with Crippen LogP contribution in [0.3, 0.4) is 0 Å². The van der Waals surface area contributed by atoms with Crippen molar-refractivity contribution in [2.24, 2.45) is 5.10 Å². The molecule has 110 valence electrons. The molecule has 1 amide bonds. The topological polar surface area (TPSA) is 64.5 Å². The first-order chi connectivity index (χ1) is 10.7. The Balaban J connectivity index is 1.81. The number of carbonyl (C=O) groups excluding carboxylic acids is 1. The lowest BCUT2D eigenvalue weighted by Gasteiger charge is -2.10. The monoisotopic (exact) mass is 310 g/mol. The van der Waals surface area contributed by atoms with E-state index in [2.05, 4.69) is 10.5 Å². The Morgan fingerprint density at radius 1 is 1.05 bits per heavy atom. The minimum atomic E-state index is -1.23. The SMILES string of the molecule is O=C1NN=C(C[S+]([O-])c2ccccc2)C1=Cc1ccccc1. The van der Waals surface area contributed by atoms with E-state index in [9.17, 15) is 9.35 Å². The third-order valence-corrected chi connectivity index (χ3v) is 4.57. The highest BCUT2D eigenvalue weighted by molar-refractivity contribution is 7.92. The summed E-state index contributed by atoms with van der Waals surface area (Å²) in [6.45, 7) is 0. The highest BCUT2D eigenvalue weighted by Crippen LogP contribution is 2.17. The van der Waals surface area contributed by atoms with Crippen molar-refractivity contribution in [2.45, 2.75) is 4.90 Å². The molecule has 0 fully saturated rings. The summed E-state index contributed by atoms with van der Waals surface area (Å²) in [5.74, 6) is -0.0505. The normalized spacial score (nSPS) is 17.2. The van der Waals surface area contributed by atoms with E-state index in [1.54, 1.807) is 18.2 Å². The largest absolute Gasteiger partial charge is 0.611 e. The molecular weight excluding hydrogens is 296 g/mol. The van der Waals surface area contributed by atoms with E-state index in [0.717, 1.165) is 10.5 Å². The van der Waals surface area contributed by atoms with Gasteiger partial charge in [0.2, 0.25) is 0 Å². The van der Waals surface area contributed by atoms with Gasteiger partial charge >= 0.3 is 0 Å². The van der Waals surface area contributed by atoms with Crippen LogP contribution in [0.4, 0.5) is 0 Å². The molecule has 1 unspecified atom stereocenters. The zero-order valence-electron chi connectivity index (χ0n) is 11.7. The van der Waals surface area contributed by atoms with Crippen LogP contribution in [0, 0.1) is 0 Å². The van der Waals surface area contributed by atoms with Crippen molar-refractivity contribution >= 4 is 28.9 Å². The Morgan fingerprint density at radius 2 is 1.68 bits per heavy atom. The Kier molecular flexibility index (Phi) is 4.37. The van der Waals surface area contributed by atoms with Crippen molar-refractivity contribution in [1.82, 2.24) is 5.43 Å². The van der Waals surface area contributed by atoms with E-state index < -0.39 is 11.2 Å². The van der Waals surface area contributed by atoms with Gasteiger partial charge < -0.3 is 4.55 Å². The molecule has 0 saturated carbocycles. The average molecular weight is 310 g/mol. The summed E-state index contributed by atoms with van der Waals surface area (Å²) in [4.78, 5) is 12.6. The molecule has 0 radical (unpaired) electrons. The van der Waals surface area contributed by atoms with Gasteiger partial charge in [-0.15, -0.1) is 0 Å². The number of hydrogen-bond acceptors (Lipinski definition) is 3. The smallest absolute Gasteiger partial charge is 0.273 e. The molecule has 22 heavy (non-hydrogen) atoms. The van der Waals surface area contributed by atoms with Crippen LogP contribution in [0.5, 0.6) is 0 Å². The predicted molar refractivity (Wildman–Crippen MR) is 87.7 cm³/mol. The predicted octanol–water partition coefficient (Wildman–Crippen LogP) is 2.36. The van der Waals surface area contributed by atoms with Crippen LogP contribution in [0.25, 0.3) is 6.08 Å². The molecule has 1 aliphatic rings. The Hall–Kier alpha value is -2.37. The van der Waals surface area contributed by atoms with E-state index in [4.69, 9.17) is 0 Å². The molecule has 1 N–H and O–H groups in total. The third kappa shape index (κ3) is 3.27. The summed E-state index contributed by atoms with van der Waals surface area (Å²) in [6, 6.07) is 18.7. The van der Waals surface area contributed by atoms with Crippen LogP contribution < -0.4 is 5.43 Å². The van der Waals surface area contributed by atoms with Crippen LogP contribution >= 0.6 is 0 Å². The zero-order chi connectivity index (χ0) is 15.4. The van der Waals surface area contributed by atoms with E-state index >= 15 is 0 Å². The van der Waals surface area contributed by atoms with Crippen molar-refractivity contribution in [3.05, 3.63) is 71.8 Å². The number of amides is 1. The summed E-state index contributed by atoms with van der Waals surface area (Å²) in [5, 5.41) is 4.02. The maximum atomic E-state index is 12.4. The molecule has 1 heterocycles. The molecule has 0 spiro atoms. The molecule has 4 nitrogen and oxygen atoms in total. The van der Waals surface area contributed by atoms with Crippen LogP contribution in [0.2, 0.25) is 0 Å². The van der Waals surface area contributed by atoms with Gasteiger partial charge in [0.05, 0.1) is 5.57 Å². The molecule has 1 aliphatic heterocycles. The van der Waals surface area contributed by atoms with Crippen molar-refractivity contribution in [3.63, 3.8) is 0 Å². The van der Waals surface area contributed by atoms with E-state index in [1.165, 1.54) is 0 Å². The molecular formula is C17H14N2O2S. The Labute approximate surface area is 131 Å². The van der Waals surface area contributed by atoms with E-state index in [0.29, 0.717) is 11.3 Å². The molecule has 1 atom stereocenters. The van der Waals surface area contributed by atoms with Gasteiger partial charge in [0.1, 0.15) is 5.71 Å². The van der Waals surface area contributed by atoms with Gasteiger partial charge in [0.25, 0.3) is 5.91 Å². The first-order valence-electron chi connectivity index (χ1n) is 6.81. The number of rotatable bonds is 4. The summed E-state index contributed by atoms with van der Waals surface area (Å²) < 4.78 is 12.4. The fraction of sp³-hybridized carbons (Fsp3) is 0.0588. The molecule has 2 aromatic carbocycles. The van der Waals surface area contributed by atoms with Crippen LogP contribution in [-0.4, -0.2) is 21.9 Å². The minimum Gasteiger partial charge on any atom is -0.611 e. The zero-order valence-corrected chi connectivity index (χ0v) is 12.5. The van der Waals surface area contributed by atoms with Gasteiger partial charge in [0, 0.05) is 0 Å². The van der Waals surface area contributed by atoms with Gasteiger partial charge in [0.15, 0.2) is 10.6 Å². The number of hydrazone groups is 1. The molecule has 5 heteroatoms. The fourth-order valence-electron chi connectivity index (χ4n) is 2.12. The highest BCUT2D eigenvalue weighted by atomic mass is 32.2. The number of carbonyl (C=O) groups is 1. The molecule has 0 bridgehead atoms. The lowest BCUT2D eigenvalue weighted by Crippen LogP contribution is -2.19. The van der Waals surface area contributed by atoms with Crippen molar-refractivity contribution in [1.29, 1.82) is 0 Å². The second kappa shape index (κ2) is 6.60. The second-order valence-corrected chi connectivity index (χ2v) is 6.22. The molecule has 3 rings (SSSR count). The van der Waals surface area contributed by atoms with Gasteiger partial charge in [-0.2, -0.15) is 5.10 Å². The van der Waals surface area contributed by atoms with Crippen molar-refractivity contribution in [3.8, 4) is 0 Å². The van der Waals surface area contributed by atoms with E-state index in [1.807, 2.05) is 48.5 Å². The number of benzene rings is 2. The Morgan fingerprint density at radius 3 is 2.36 bits per heavy atom. The summed E-state index contributed by atoms with van der Waals surface area (Å²) in [6.07, 6.45) is 1.77. The minimum absolute atomic E-state index is 0.210.